The first-order valence-corrected chi connectivity index (χ1v) is 8.48. The summed E-state index contributed by atoms with van der Waals surface area (Å²) < 4.78 is 37.8. The maximum absolute atomic E-state index is 12.6. The van der Waals surface area contributed by atoms with Gasteiger partial charge in [0.25, 0.3) is 0 Å². The van der Waals surface area contributed by atoms with Crippen LogP contribution in [0.4, 0.5) is 19.0 Å². The number of anilines is 1. The fourth-order valence-electron chi connectivity index (χ4n) is 2.97. The number of rotatable bonds is 3. The molecule has 126 valence electrons. The van der Waals surface area contributed by atoms with E-state index in [1.54, 1.807) is 17.7 Å². The Morgan fingerprint density at radius 2 is 2.09 bits per heavy atom. The number of alkyl halides is 3. The van der Waals surface area contributed by atoms with Crippen LogP contribution in [0.2, 0.25) is 0 Å². The molecule has 4 nitrogen and oxygen atoms in total. The van der Waals surface area contributed by atoms with Crippen molar-refractivity contribution in [1.82, 2.24) is 14.9 Å². The summed E-state index contributed by atoms with van der Waals surface area (Å²) in [7, 11) is 0. The highest BCUT2D eigenvalue weighted by Gasteiger charge is 2.35. The average molecular weight is 344 g/mol. The third-order valence-electron chi connectivity index (χ3n) is 4.15. The summed E-state index contributed by atoms with van der Waals surface area (Å²) in [6.07, 6.45) is -1.67. The van der Waals surface area contributed by atoms with Gasteiger partial charge in [0.1, 0.15) is 17.0 Å². The molecule has 3 rings (SSSR count). The highest BCUT2D eigenvalue weighted by molar-refractivity contribution is 7.18. The predicted octanol–water partition coefficient (Wildman–Crippen LogP) is 3.33. The summed E-state index contributed by atoms with van der Waals surface area (Å²) in [5, 5.41) is 1.01. The molecule has 1 fully saturated rings. The van der Waals surface area contributed by atoms with Crippen LogP contribution in [0.15, 0.2) is 12.4 Å². The summed E-state index contributed by atoms with van der Waals surface area (Å²) in [4.78, 5) is 14.4. The van der Waals surface area contributed by atoms with Gasteiger partial charge in [-0.15, -0.1) is 11.3 Å². The van der Waals surface area contributed by atoms with Gasteiger partial charge in [0.05, 0.1) is 11.9 Å². The molecule has 0 aromatic carbocycles. The molecular weight excluding hydrogens is 325 g/mol. The summed E-state index contributed by atoms with van der Waals surface area (Å²) >= 11 is 1.65. The van der Waals surface area contributed by atoms with E-state index >= 15 is 0 Å². The van der Waals surface area contributed by atoms with Gasteiger partial charge in [-0.05, 0) is 19.4 Å². The van der Waals surface area contributed by atoms with Gasteiger partial charge in [0.15, 0.2) is 0 Å². The third kappa shape index (κ3) is 3.58. The summed E-state index contributed by atoms with van der Waals surface area (Å²) in [5.74, 6) is 0.837. The van der Waals surface area contributed by atoms with E-state index in [-0.39, 0.29) is 6.04 Å². The minimum Gasteiger partial charge on any atom is -0.353 e. The molecule has 0 aliphatic carbocycles. The van der Waals surface area contributed by atoms with Crippen LogP contribution in [-0.2, 0) is 6.42 Å². The molecule has 0 N–H and O–H groups in total. The largest absolute Gasteiger partial charge is 0.401 e. The summed E-state index contributed by atoms with van der Waals surface area (Å²) in [5.41, 5.74) is 0. The van der Waals surface area contributed by atoms with E-state index in [2.05, 4.69) is 27.9 Å². The lowest BCUT2D eigenvalue weighted by Crippen LogP contribution is -2.54. The lowest BCUT2D eigenvalue weighted by atomic mass is 10.1. The van der Waals surface area contributed by atoms with Crippen molar-refractivity contribution in [3.63, 3.8) is 0 Å². The van der Waals surface area contributed by atoms with Crippen molar-refractivity contribution in [3.05, 3.63) is 17.3 Å². The van der Waals surface area contributed by atoms with Crippen molar-refractivity contribution in [2.24, 2.45) is 0 Å². The van der Waals surface area contributed by atoms with Crippen molar-refractivity contribution >= 4 is 27.4 Å². The normalized spacial score (nSPS) is 20.4. The molecule has 2 aromatic heterocycles. The van der Waals surface area contributed by atoms with Crippen LogP contribution in [0.1, 0.15) is 18.7 Å². The van der Waals surface area contributed by atoms with E-state index in [0.717, 1.165) is 22.5 Å². The quantitative estimate of drug-likeness (QED) is 0.855. The van der Waals surface area contributed by atoms with Crippen molar-refractivity contribution in [1.29, 1.82) is 0 Å². The fraction of sp³-hybridized carbons (Fsp3) is 0.600. The Kier molecular flexibility index (Phi) is 4.46. The summed E-state index contributed by atoms with van der Waals surface area (Å²) in [6.45, 7) is 4.55. The van der Waals surface area contributed by atoms with Crippen molar-refractivity contribution in [2.45, 2.75) is 32.5 Å². The highest BCUT2D eigenvalue weighted by Crippen LogP contribution is 2.31. The molecule has 0 radical (unpaired) electrons. The molecule has 0 bridgehead atoms. The molecule has 2 aromatic rings. The number of halogens is 3. The third-order valence-corrected chi connectivity index (χ3v) is 5.34. The molecule has 1 unspecified atom stereocenters. The molecule has 0 saturated carbocycles. The minimum atomic E-state index is -4.15. The smallest absolute Gasteiger partial charge is 0.353 e. The van der Waals surface area contributed by atoms with Gasteiger partial charge in [-0.1, -0.05) is 6.92 Å². The topological polar surface area (TPSA) is 32.3 Å². The van der Waals surface area contributed by atoms with Crippen molar-refractivity contribution in [2.75, 3.05) is 31.1 Å². The molecule has 8 heteroatoms. The second-order valence-electron chi connectivity index (χ2n) is 5.86. The maximum atomic E-state index is 12.6. The second-order valence-corrected chi connectivity index (χ2v) is 6.98. The van der Waals surface area contributed by atoms with Gasteiger partial charge < -0.3 is 4.90 Å². The van der Waals surface area contributed by atoms with E-state index in [1.807, 2.05) is 6.92 Å². The minimum absolute atomic E-state index is 0.167. The zero-order valence-electron chi connectivity index (χ0n) is 13.1. The number of thiophene rings is 1. The number of nitrogens with zero attached hydrogens (tertiary/aromatic N) is 4. The number of hydrogen-bond donors (Lipinski definition) is 0. The van der Waals surface area contributed by atoms with Gasteiger partial charge in [0.2, 0.25) is 0 Å². The van der Waals surface area contributed by atoms with Crippen LogP contribution in [0, 0.1) is 0 Å². The number of fused-ring (bicyclic) bond motifs is 1. The van der Waals surface area contributed by atoms with E-state index in [1.165, 1.54) is 9.78 Å². The molecule has 0 amide bonds. The Balaban J connectivity index is 1.80. The Labute approximate surface area is 136 Å². The maximum Gasteiger partial charge on any atom is 0.401 e. The number of aryl methyl sites for hydroxylation is 1. The summed E-state index contributed by atoms with van der Waals surface area (Å²) in [6, 6.07) is 1.93. The first-order valence-electron chi connectivity index (χ1n) is 7.66. The Morgan fingerprint density at radius 1 is 1.30 bits per heavy atom. The van der Waals surface area contributed by atoms with E-state index in [9.17, 15) is 13.2 Å². The van der Waals surface area contributed by atoms with Crippen LogP contribution in [-0.4, -0.2) is 53.3 Å². The molecule has 1 saturated heterocycles. The SMILES string of the molecule is CCc1cc2c(N3CCN(CC(F)(F)F)C(C)C3)ncnc2s1. The van der Waals surface area contributed by atoms with E-state index in [4.69, 9.17) is 0 Å². The zero-order chi connectivity index (χ0) is 16.6. The first-order chi connectivity index (χ1) is 10.9. The van der Waals surface area contributed by atoms with Crippen LogP contribution in [0.5, 0.6) is 0 Å². The van der Waals surface area contributed by atoms with E-state index < -0.39 is 12.7 Å². The van der Waals surface area contributed by atoms with Gasteiger partial charge in [-0.25, -0.2) is 9.97 Å². The number of aromatic nitrogens is 2. The van der Waals surface area contributed by atoms with Crippen LogP contribution in [0.3, 0.4) is 0 Å². The zero-order valence-corrected chi connectivity index (χ0v) is 13.9. The first kappa shape index (κ1) is 16.4. The monoisotopic (exact) mass is 344 g/mol. The molecule has 3 heterocycles. The van der Waals surface area contributed by atoms with E-state index in [0.29, 0.717) is 19.6 Å². The van der Waals surface area contributed by atoms with Crippen molar-refractivity contribution < 1.29 is 13.2 Å². The molecule has 1 aliphatic rings. The van der Waals surface area contributed by atoms with Crippen LogP contribution in [0.25, 0.3) is 10.2 Å². The lowest BCUT2D eigenvalue weighted by Gasteiger charge is -2.40. The lowest BCUT2D eigenvalue weighted by molar-refractivity contribution is -0.150. The highest BCUT2D eigenvalue weighted by atomic mass is 32.1. The molecule has 23 heavy (non-hydrogen) atoms. The van der Waals surface area contributed by atoms with Gasteiger partial charge in [-0.3, -0.25) is 4.90 Å². The van der Waals surface area contributed by atoms with Crippen LogP contribution >= 0.6 is 11.3 Å². The van der Waals surface area contributed by atoms with Gasteiger partial charge in [0, 0.05) is 30.6 Å². The molecular formula is C15H19F3N4S. The average Bonchev–Trinajstić information content (AvgIpc) is 2.91. The standard InChI is InChI=1S/C15H19F3N4S/c1-3-11-6-12-13(19-9-20-14(12)23-11)21-4-5-22(10(2)7-21)8-15(16,17)18/h6,9-10H,3-5,7-8H2,1-2H3. The number of hydrogen-bond acceptors (Lipinski definition) is 5. The fourth-order valence-corrected chi connectivity index (χ4v) is 3.90. The Hall–Kier alpha value is -1.41. The van der Waals surface area contributed by atoms with Gasteiger partial charge >= 0.3 is 6.18 Å². The van der Waals surface area contributed by atoms with Crippen LogP contribution < -0.4 is 4.90 Å². The second kappa shape index (κ2) is 6.24. The molecule has 0 spiro atoms. The number of piperazine rings is 1. The van der Waals surface area contributed by atoms with Gasteiger partial charge in [-0.2, -0.15) is 13.2 Å². The predicted molar refractivity (Wildman–Crippen MR) is 86.1 cm³/mol. The Bertz CT molecular complexity index is 685. The Morgan fingerprint density at radius 3 is 2.74 bits per heavy atom. The van der Waals surface area contributed by atoms with Crippen molar-refractivity contribution in [3.8, 4) is 0 Å². The molecule has 1 atom stereocenters. The molecule has 1 aliphatic heterocycles.